The lowest BCUT2D eigenvalue weighted by Crippen LogP contribution is -2.07. The molecule has 18 heavy (non-hydrogen) atoms. The predicted molar refractivity (Wildman–Crippen MR) is 73.3 cm³/mol. The number of hydrogen-bond donors (Lipinski definition) is 0. The zero-order valence-corrected chi connectivity index (χ0v) is 11.5. The lowest BCUT2D eigenvalue weighted by atomic mass is 10.0. The molecule has 0 saturated carbocycles. The molecule has 1 nitrogen and oxygen atoms in total. The first kappa shape index (κ1) is 13.0. The van der Waals surface area contributed by atoms with Crippen molar-refractivity contribution in [2.24, 2.45) is 0 Å². The Morgan fingerprint density at radius 3 is 2.67 bits per heavy atom. The van der Waals surface area contributed by atoms with Crippen LogP contribution in [0.4, 0.5) is 4.39 Å². The van der Waals surface area contributed by atoms with Crippen LogP contribution in [0.1, 0.15) is 21.5 Å². The van der Waals surface area contributed by atoms with Crippen molar-refractivity contribution >= 4 is 21.7 Å². The van der Waals surface area contributed by atoms with Crippen LogP contribution in [0.3, 0.4) is 0 Å². The van der Waals surface area contributed by atoms with E-state index in [1.165, 1.54) is 6.07 Å². The van der Waals surface area contributed by atoms with E-state index in [1.807, 2.05) is 24.3 Å². The van der Waals surface area contributed by atoms with Gasteiger partial charge in [0.1, 0.15) is 5.82 Å². The summed E-state index contributed by atoms with van der Waals surface area (Å²) in [6, 6.07) is 12.4. The number of Topliss-reactive ketones (excluding diaryl/α,β-unsaturated/α-hetero) is 1. The van der Waals surface area contributed by atoms with E-state index < -0.39 is 5.82 Å². The van der Waals surface area contributed by atoms with E-state index in [0.29, 0.717) is 5.56 Å². The summed E-state index contributed by atoms with van der Waals surface area (Å²) in [5, 5.41) is 0. The predicted octanol–water partition coefficient (Wildman–Crippen LogP) is 4.32. The molecule has 92 valence electrons. The third kappa shape index (κ3) is 2.85. The Morgan fingerprint density at radius 2 is 1.94 bits per heavy atom. The Kier molecular flexibility index (Phi) is 3.92. The summed E-state index contributed by atoms with van der Waals surface area (Å²) < 4.78 is 14.7. The van der Waals surface area contributed by atoms with E-state index in [4.69, 9.17) is 0 Å². The standard InChI is InChI=1S/C15H12BrFO/c1-10-4-2-7-13(15(10)17)14(18)9-11-5-3-6-12(16)8-11/h2-8H,9H2,1H3. The number of halogens is 2. The molecular formula is C15H12BrFO. The minimum absolute atomic E-state index is 0.162. The molecule has 0 fully saturated rings. The number of benzene rings is 2. The highest BCUT2D eigenvalue weighted by Gasteiger charge is 2.13. The van der Waals surface area contributed by atoms with Gasteiger partial charge in [0.05, 0.1) is 5.56 Å². The Balaban J connectivity index is 2.25. The third-order valence-corrected chi connectivity index (χ3v) is 3.24. The largest absolute Gasteiger partial charge is 0.294 e. The molecular weight excluding hydrogens is 295 g/mol. The molecule has 0 aliphatic rings. The highest BCUT2D eigenvalue weighted by Crippen LogP contribution is 2.17. The second-order valence-electron chi connectivity index (χ2n) is 4.17. The van der Waals surface area contributed by atoms with Crippen LogP contribution in [-0.2, 0) is 6.42 Å². The van der Waals surface area contributed by atoms with Crippen molar-refractivity contribution in [2.45, 2.75) is 13.3 Å². The first-order valence-corrected chi connectivity index (χ1v) is 6.40. The van der Waals surface area contributed by atoms with Gasteiger partial charge >= 0.3 is 0 Å². The van der Waals surface area contributed by atoms with Crippen LogP contribution in [0.15, 0.2) is 46.9 Å². The van der Waals surface area contributed by atoms with Gasteiger partial charge in [-0.3, -0.25) is 4.79 Å². The Hall–Kier alpha value is -1.48. The highest BCUT2D eigenvalue weighted by molar-refractivity contribution is 9.10. The molecule has 2 aromatic carbocycles. The number of carbonyl (C=O) groups excluding carboxylic acids is 1. The third-order valence-electron chi connectivity index (χ3n) is 2.75. The average Bonchev–Trinajstić information content (AvgIpc) is 2.32. The molecule has 0 saturated heterocycles. The fourth-order valence-corrected chi connectivity index (χ4v) is 2.24. The Bertz CT molecular complexity index is 593. The summed E-state index contributed by atoms with van der Waals surface area (Å²) >= 11 is 3.35. The topological polar surface area (TPSA) is 17.1 Å². The summed E-state index contributed by atoms with van der Waals surface area (Å²) in [7, 11) is 0. The molecule has 0 spiro atoms. The maximum atomic E-state index is 13.8. The lowest BCUT2D eigenvalue weighted by Gasteiger charge is -2.05. The zero-order valence-electron chi connectivity index (χ0n) is 9.91. The zero-order chi connectivity index (χ0) is 13.1. The average molecular weight is 307 g/mol. The number of aryl methyl sites for hydroxylation is 1. The maximum Gasteiger partial charge on any atom is 0.170 e. The van der Waals surface area contributed by atoms with Gasteiger partial charge in [-0.25, -0.2) is 4.39 Å². The molecule has 0 heterocycles. The van der Waals surface area contributed by atoms with Gasteiger partial charge in [0.15, 0.2) is 5.78 Å². The van der Waals surface area contributed by atoms with Crippen molar-refractivity contribution in [3.63, 3.8) is 0 Å². The molecule has 0 radical (unpaired) electrons. The second-order valence-corrected chi connectivity index (χ2v) is 5.08. The molecule has 0 aliphatic heterocycles. The molecule has 0 bridgehead atoms. The van der Waals surface area contributed by atoms with Gasteiger partial charge in [0, 0.05) is 10.9 Å². The van der Waals surface area contributed by atoms with Gasteiger partial charge in [-0.05, 0) is 36.2 Å². The van der Waals surface area contributed by atoms with E-state index in [1.54, 1.807) is 19.1 Å². The lowest BCUT2D eigenvalue weighted by molar-refractivity contribution is 0.0989. The van der Waals surface area contributed by atoms with E-state index in [0.717, 1.165) is 10.0 Å². The first-order valence-electron chi connectivity index (χ1n) is 5.60. The van der Waals surface area contributed by atoms with Gasteiger partial charge < -0.3 is 0 Å². The monoisotopic (exact) mass is 306 g/mol. The van der Waals surface area contributed by atoms with Gasteiger partial charge in [0.2, 0.25) is 0 Å². The summed E-state index contributed by atoms with van der Waals surface area (Å²) in [6.07, 6.45) is 0.208. The highest BCUT2D eigenvalue weighted by atomic mass is 79.9. The number of hydrogen-bond acceptors (Lipinski definition) is 1. The van der Waals surface area contributed by atoms with Crippen molar-refractivity contribution in [1.29, 1.82) is 0 Å². The quantitative estimate of drug-likeness (QED) is 0.772. The molecule has 2 rings (SSSR count). The summed E-state index contributed by atoms with van der Waals surface area (Å²) in [4.78, 5) is 12.0. The first-order chi connectivity index (χ1) is 8.58. The molecule has 0 unspecified atom stereocenters. The Morgan fingerprint density at radius 1 is 1.22 bits per heavy atom. The van der Waals surface area contributed by atoms with Crippen molar-refractivity contribution < 1.29 is 9.18 Å². The second kappa shape index (κ2) is 5.44. The number of ketones is 1. The van der Waals surface area contributed by atoms with E-state index in [-0.39, 0.29) is 17.8 Å². The van der Waals surface area contributed by atoms with Crippen LogP contribution in [-0.4, -0.2) is 5.78 Å². The maximum absolute atomic E-state index is 13.8. The summed E-state index contributed by atoms with van der Waals surface area (Å²) in [5.41, 5.74) is 1.53. The minimum atomic E-state index is -0.419. The van der Waals surface area contributed by atoms with E-state index in [9.17, 15) is 9.18 Å². The molecule has 0 aromatic heterocycles. The number of rotatable bonds is 3. The van der Waals surface area contributed by atoms with Crippen molar-refractivity contribution in [1.82, 2.24) is 0 Å². The van der Waals surface area contributed by atoms with Crippen molar-refractivity contribution in [3.8, 4) is 0 Å². The SMILES string of the molecule is Cc1cccc(C(=O)Cc2cccc(Br)c2)c1F. The molecule has 0 atom stereocenters. The van der Waals surface area contributed by atoms with Crippen LogP contribution in [0.5, 0.6) is 0 Å². The summed E-state index contributed by atoms with van der Waals surface area (Å²) in [5.74, 6) is -0.619. The molecule has 0 aliphatic carbocycles. The van der Waals surface area contributed by atoms with Gasteiger partial charge in [-0.15, -0.1) is 0 Å². The normalized spacial score (nSPS) is 10.4. The van der Waals surface area contributed by atoms with Gasteiger partial charge in [0.25, 0.3) is 0 Å². The van der Waals surface area contributed by atoms with Crippen LogP contribution >= 0.6 is 15.9 Å². The summed E-state index contributed by atoms with van der Waals surface area (Å²) in [6.45, 7) is 1.66. The fourth-order valence-electron chi connectivity index (χ4n) is 1.79. The van der Waals surface area contributed by atoms with Crippen LogP contribution in [0.25, 0.3) is 0 Å². The smallest absolute Gasteiger partial charge is 0.170 e. The van der Waals surface area contributed by atoms with E-state index >= 15 is 0 Å². The minimum Gasteiger partial charge on any atom is -0.294 e. The van der Waals surface area contributed by atoms with Crippen molar-refractivity contribution in [2.75, 3.05) is 0 Å². The molecule has 0 N–H and O–H groups in total. The molecule has 3 heteroatoms. The van der Waals surface area contributed by atoms with Gasteiger partial charge in [-0.2, -0.15) is 0 Å². The Labute approximate surface area is 114 Å². The van der Waals surface area contributed by atoms with Crippen LogP contribution in [0, 0.1) is 12.7 Å². The van der Waals surface area contributed by atoms with Crippen LogP contribution in [0.2, 0.25) is 0 Å². The fraction of sp³-hybridized carbons (Fsp3) is 0.133. The van der Waals surface area contributed by atoms with Crippen molar-refractivity contribution in [3.05, 3.63) is 69.4 Å². The van der Waals surface area contributed by atoms with E-state index in [2.05, 4.69) is 15.9 Å². The molecule has 2 aromatic rings. The van der Waals surface area contributed by atoms with Gasteiger partial charge in [-0.1, -0.05) is 40.2 Å². The number of carbonyl (C=O) groups is 1. The molecule has 0 amide bonds. The van der Waals surface area contributed by atoms with Crippen LogP contribution < -0.4 is 0 Å².